The molecule has 0 aliphatic rings. The third-order valence-corrected chi connectivity index (χ3v) is 5.21. The van der Waals surface area contributed by atoms with Gasteiger partial charge in [0.15, 0.2) is 0 Å². The van der Waals surface area contributed by atoms with Crippen LogP contribution < -0.4 is 10.5 Å². The summed E-state index contributed by atoms with van der Waals surface area (Å²) in [6.45, 7) is 5.46. The van der Waals surface area contributed by atoms with Crippen molar-refractivity contribution in [3.8, 4) is 5.75 Å². The van der Waals surface area contributed by atoms with E-state index in [1.165, 1.54) is 5.56 Å². The van der Waals surface area contributed by atoms with Crippen LogP contribution in [0.1, 0.15) is 41.8 Å². The highest BCUT2D eigenvalue weighted by atomic mass is 16.5. The van der Waals surface area contributed by atoms with Crippen LogP contribution in [0.25, 0.3) is 21.8 Å². The summed E-state index contributed by atoms with van der Waals surface area (Å²) in [6.07, 6.45) is 2.07. The van der Waals surface area contributed by atoms with E-state index in [2.05, 4.69) is 35.8 Å². The van der Waals surface area contributed by atoms with Crippen LogP contribution in [-0.4, -0.2) is 17.1 Å². The van der Waals surface area contributed by atoms with Gasteiger partial charge in [0.05, 0.1) is 17.6 Å². The van der Waals surface area contributed by atoms with Gasteiger partial charge < -0.3 is 15.0 Å². The Morgan fingerprint density at radius 3 is 2.66 bits per heavy atom. The van der Waals surface area contributed by atoms with Crippen LogP contribution in [0.2, 0.25) is 0 Å². The van der Waals surface area contributed by atoms with Crippen LogP contribution in [0.15, 0.2) is 54.6 Å². The van der Waals surface area contributed by atoms with Gasteiger partial charge in [-0.15, -0.1) is 0 Å². The zero-order valence-corrected chi connectivity index (χ0v) is 16.9. The lowest BCUT2D eigenvalue weighted by molar-refractivity contribution is 0.100. The van der Waals surface area contributed by atoms with E-state index in [0.717, 1.165) is 46.0 Å². The van der Waals surface area contributed by atoms with Crippen molar-refractivity contribution >= 4 is 27.7 Å². The fraction of sp³-hybridized carbons (Fsp3) is 0.240. The highest BCUT2D eigenvalue weighted by Crippen LogP contribution is 2.33. The first-order valence-corrected chi connectivity index (χ1v) is 10.1. The fourth-order valence-electron chi connectivity index (χ4n) is 3.99. The molecule has 4 nitrogen and oxygen atoms in total. The Hall–Kier alpha value is -3.27. The SMILES string of the molecule is CCCc1c[c]c2c3c(C(N)=O)cccc3n(Cc3cccc(OCC)c3)c2c1. The smallest absolute Gasteiger partial charge is 0.249 e. The van der Waals surface area contributed by atoms with Gasteiger partial charge >= 0.3 is 0 Å². The number of fused-ring (bicyclic) bond motifs is 3. The molecule has 1 heterocycles. The number of carbonyl (C=O) groups excluding carboxylic acids is 1. The normalized spacial score (nSPS) is 11.2. The van der Waals surface area contributed by atoms with E-state index in [0.29, 0.717) is 18.7 Å². The molecule has 0 atom stereocenters. The average molecular weight is 385 g/mol. The van der Waals surface area contributed by atoms with Crippen LogP contribution >= 0.6 is 0 Å². The van der Waals surface area contributed by atoms with Crippen LogP contribution in [0.3, 0.4) is 0 Å². The highest BCUT2D eigenvalue weighted by molar-refractivity contribution is 6.17. The minimum Gasteiger partial charge on any atom is -0.494 e. The quantitative estimate of drug-likeness (QED) is 0.481. The van der Waals surface area contributed by atoms with E-state index in [1.807, 2.05) is 37.3 Å². The minimum atomic E-state index is -0.418. The Bertz CT molecular complexity index is 1190. The van der Waals surface area contributed by atoms with Crippen LogP contribution in [0, 0.1) is 6.07 Å². The number of benzene rings is 3. The number of hydrogen-bond donors (Lipinski definition) is 1. The molecule has 0 bridgehead atoms. The molecular weight excluding hydrogens is 360 g/mol. The monoisotopic (exact) mass is 385 g/mol. The first-order valence-electron chi connectivity index (χ1n) is 10.1. The zero-order valence-electron chi connectivity index (χ0n) is 16.9. The largest absolute Gasteiger partial charge is 0.494 e. The molecule has 2 N–H and O–H groups in total. The molecular formula is C25H25N2O2. The maximum absolute atomic E-state index is 12.1. The Balaban J connectivity index is 1.94. The number of nitrogens with zero attached hydrogens (tertiary/aromatic N) is 1. The summed E-state index contributed by atoms with van der Waals surface area (Å²) in [7, 11) is 0. The van der Waals surface area contributed by atoms with Gasteiger partial charge in [0.25, 0.3) is 0 Å². The molecule has 0 saturated heterocycles. The molecule has 0 aliphatic heterocycles. The van der Waals surface area contributed by atoms with E-state index in [1.54, 1.807) is 6.07 Å². The van der Waals surface area contributed by atoms with E-state index in [4.69, 9.17) is 10.5 Å². The third kappa shape index (κ3) is 3.58. The molecule has 4 rings (SSSR count). The van der Waals surface area contributed by atoms with Crippen molar-refractivity contribution in [1.82, 2.24) is 4.57 Å². The standard InChI is InChI=1S/C25H25N2O2/c1-3-7-17-12-13-20-23(15-17)27(16-18-8-5-9-19(14-18)29-4-2)22-11-6-10-21(24(20)22)25(26)28/h5-6,8-12,14-15H,3-4,7,16H2,1-2H3,(H2,26,28). The Labute approximate surface area is 170 Å². The number of aryl methyl sites for hydroxylation is 1. The number of amides is 1. The van der Waals surface area contributed by atoms with Gasteiger partial charge in [-0.05, 0) is 60.9 Å². The summed E-state index contributed by atoms with van der Waals surface area (Å²) in [4.78, 5) is 12.1. The number of aromatic nitrogens is 1. The molecule has 0 unspecified atom stereocenters. The summed E-state index contributed by atoms with van der Waals surface area (Å²) in [5, 5.41) is 1.81. The molecule has 1 aromatic heterocycles. The van der Waals surface area contributed by atoms with Gasteiger partial charge in [-0.3, -0.25) is 4.79 Å². The van der Waals surface area contributed by atoms with Gasteiger partial charge in [0.2, 0.25) is 5.91 Å². The molecule has 29 heavy (non-hydrogen) atoms. The van der Waals surface area contributed by atoms with Crippen molar-refractivity contribution in [2.24, 2.45) is 5.73 Å². The molecule has 4 aromatic rings. The molecule has 1 radical (unpaired) electrons. The molecule has 0 saturated carbocycles. The van der Waals surface area contributed by atoms with Crippen molar-refractivity contribution in [3.63, 3.8) is 0 Å². The van der Waals surface area contributed by atoms with E-state index >= 15 is 0 Å². The van der Waals surface area contributed by atoms with E-state index < -0.39 is 5.91 Å². The van der Waals surface area contributed by atoms with Crippen molar-refractivity contribution in [1.29, 1.82) is 0 Å². The lowest BCUT2D eigenvalue weighted by atomic mass is 10.0. The van der Waals surface area contributed by atoms with Crippen LogP contribution in [-0.2, 0) is 13.0 Å². The van der Waals surface area contributed by atoms with Gasteiger partial charge in [-0.2, -0.15) is 0 Å². The van der Waals surface area contributed by atoms with Crippen molar-refractivity contribution in [2.75, 3.05) is 6.61 Å². The molecule has 4 heteroatoms. The summed E-state index contributed by atoms with van der Waals surface area (Å²) in [5.74, 6) is 0.445. The van der Waals surface area contributed by atoms with Crippen molar-refractivity contribution in [3.05, 3.63) is 77.4 Å². The van der Waals surface area contributed by atoms with Gasteiger partial charge in [-0.1, -0.05) is 37.6 Å². The van der Waals surface area contributed by atoms with Gasteiger partial charge in [0, 0.05) is 22.9 Å². The van der Waals surface area contributed by atoms with Crippen molar-refractivity contribution < 1.29 is 9.53 Å². The molecule has 3 aromatic carbocycles. The average Bonchev–Trinajstić information content (AvgIpc) is 3.02. The Kier molecular flexibility index (Phi) is 5.26. The lowest BCUT2D eigenvalue weighted by Crippen LogP contribution is -2.11. The Morgan fingerprint density at radius 1 is 1.07 bits per heavy atom. The molecule has 0 fully saturated rings. The summed E-state index contributed by atoms with van der Waals surface area (Å²) >= 11 is 0. The number of ether oxygens (including phenoxy) is 1. The number of rotatable bonds is 7. The maximum atomic E-state index is 12.1. The first kappa shape index (κ1) is 19.1. The second-order valence-electron chi connectivity index (χ2n) is 7.25. The van der Waals surface area contributed by atoms with Crippen molar-refractivity contribution in [2.45, 2.75) is 33.2 Å². The van der Waals surface area contributed by atoms with E-state index in [9.17, 15) is 4.79 Å². The minimum absolute atomic E-state index is 0.418. The predicted molar refractivity (Wildman–Crippen MR) is 118 cm³/mol. The number of hydrogen-bond acceptors (Lipinski definition) is 2. The summed E-state index contributed by atoms with van der Waals surface area (Å²) in [6, 6.07) is 21.5. The molecule has 0 aliphatic carbocycles. The number of carbonyl (C=O) groups is 1. The molecule has 147 valence electrons. The second-order valence-corrected chi connectivity index (χ2v) is 7.25. The van der Waals surface area contributed by atoms with Crippen LogP contribution in [0.4, 0.5) is 0 Å². The summed E-state index contributed by atoms with van der Waals surface area (Å²) in [5.41, 5.74) is 10.7. The molecule has 0 spiro atoms. The van der Waals surface area contributed by atoms with Gasteiger partial charge in [0.1, 0.15) is 5.75 Å². The second kappa shape index (κ2) is 8.00. The number of primary amides is 1. The highest BCUT2D eigenvalue weighted by Gasteiger charge is 2.17. The topological polar surface area (TPSA) is 57.2 Å². The van der Waals surface area contributed by atoms with Crippen LogP contribution in [0.5, 0.6) is 5.75 Å². The zero-order chi connectivity index (χ0) is 20.4. The summed E-state index contributed by atoms with van der Waals surface area (Å²) < 4.78 is 7.91. The third-order valence-electron chi connectivity index (χ3n) is 5.21. The fourth-order valence-corrected chi connectivity index (χ4v) is 3.99. The molecule has 1 amide bonds. The Morgan fingerprint density at radius 2 is 1.90 bits per heavy atom. The predicted octanol–water partition coefficient (Wildman–Crippen LogP) is 5.09. The van der Waals surface area contributed by atoms with E-state index in [-0.39, 0.29) is 0 Å². The lowest BCUT2D eigenvalue weighted by Gasteiger charge is -2.10. The maximum Gasteiger partial charge on any atom is 0.249 e. The van der Waals surface area contributed by atoms with Gasteiger partial charge in [-0.25, -0.2) is 0 Å². The first-order chi connectivity index (χ1) is 14.1. The number of nitrogens with two attached hydrogens (primary N) is 1.